The van der Waals surface area contributed by atoms with Gasteiger partial charge in [0, 0.05) is 12.5 Å². The highest BCUT2D eigenvalue weighted by Gasteiger charge is 2.54. The van der Waals surface area contributed by atoms with Crippen LogP contribution >= 0.6 is 0 Å². The summed E-state index contributed by atoms with van der Waals surface area (Å²) in [7, 11) is 1.67. The van der Waals surface area contributed by atoms with Crippen molar-refractivity contribution >= 4 is 5.97 Å². The quantitative estimate of drug-likeness (QED) is 0.553. The lowest BCUT2D eigenvalue weighted by Crippen LogP contribution is -2.57. The molecule has 1 aliphatic heterocycles. The fourth-order valence-electron chi connectivity index (χ4n) is 2.22. The van der Waals surface area contributed by atoms with Gasteiger partial charge in [-0.2, -0.15) is 0 Å². The Morgan fingerprint density at radius 3 is 2.92 bits per heavy atom. The molecular weight excluding hydrogens is 156 g/mol. The van der Waals surface area contributed by atoms with Gasteiger partial charge in [0.2, 0.25) is 0 Å². The zero-order chi connectivity index (χ0) is 8.77. The fourth-order valence-corrected chi connectivity index (χ4v) is 2.22. The fraction of sp³-hybridized carbons (Fsp3) is 0.889. The number of methoxy groups -OCH3 is 1. The summed E-state index contributed by atoms with van der Waals surface area (Å²) in [6.45, 7) is 2.14. The SMILES string of the molecule is COC1CC(=O)OC2CCC12C. The predicted molar refractivity (Wildman–Crippen MR) is 42.6 cm³/mol. The second-order valence-corrected chi connectivity index (χ2v) is 3.95. The first-order valence-corrected chi connectivity index (χ1v) is 4.39. The summed E-state index contributed by atoms with van der Waals surface area (Å²) >= 11 is 0. The van der Waals surface area contributed by atoms with Crippen molar-refractivity contribution in [3.8, 4) is 0 Å². The number of hydrogen-bond donors (Lipinski definition) is 0. The van der Waals surface area contributed by atoms with Crippen LogP contribution in [0.4, 0.5) is 0 Å². The molecule has 2 rings (SSSR count). The van der Waals surface area contributed by atoms with Gasteiger partial charge in [0.1, 0.15) is 6.10 Å². The van der Waals surface area contributed by atoms with Crippen LogP contribution in [0.5, 0.6) is 0 Å². The smallest absolute Gasteiger partial charge is 0.308 e. The average molecular weight is 170 g/mol. The molecule has 0 N–H and O–H groups in total. The van der Waals surface area contributed by atoms with Crippen LogP contribution in [0.3, 0.4) is 0 Å². The van der Waals surface area contributed by atoms with E-state index in [0.29, 0.717) is 6.42 Å². The van der Waals surface area contributed by atoms with Crippen molar-refractivity contribution in [1.29, 1.82) is 0 Å². The average Bonchev–Trinajstić information content (AvgIpc) is 2.05. The van der Waals surface area contributed by atoms with Gasteiger partial charge in [-0.15, -0.1) is 0 Å². The molecule has 0 bridgehead atoms. The number of rotatable bonds is 1. The Balaban J connectivity index is 2.16. The highest BCUT2D eigenvalue weighted by Crippen LogP contribution is 2.50. The van der Waals surface area contributed by atoms with Crippen molar-refractivity contribution in [3.05, 3.63) is 0 Å². The van der Waals surface area contributed by atoms with Crippen LogP contribution in [0, 0.1) is 5.41 Å². The molecule has 3 unspecified atom stereocenters. The molecule has 0 aromatic carbocycles. The third-order valence-electron chi connectivity index (χ3n) is 3.33. The molecule has 1 aliphatic carbocycles. The predicted octanol–water partition coefficient (Wildman–Crippen LogP) is 1.12. The summed E-state index contributed by atoms with van der Waals surface area (Å²) < 4.78 is 10.5. The first-order chi connectivity index (χ1) is 5.66. The van der Waals surface area contributed by atoms with E-state index in [9.17, 15) is 4.79 Å². The topological polar surface area (TPSA) is 35.5 Å². The Hall–Kier alpha value is -0.570. The summed E-state index contributed by atoms with van der Waals surface area (Å²) in [6, 6.07) is 0. The van der Waals surface area contributed by atoms with Crippen molar-refractivity contribution in [2.75, 3.05) is 7.11 Å². The molecule has 0 aromatic rings. The Morgan fingerprint density at radius 1 is 1.67 bits per heavy atom. The normalized spacial score (nSPS) is 46.0. The molecule has 1 saturated heterocycles. The minimum atomic E-state index is -0.107. The van der Waals surface area contributed by atoms with Crippen LogP contribution in [0.1, 0.15) is 26.2 Å². The lowest BCUT2D eigenvalue weighted by Gasteiger charge is -2.52. The lowest BCUT2D eigenvalue weighted by molar-refractivity contribution is -0.211. The molecule has 12 heavy (non-hydrogen) atoms. The maximum Gasteiger partial charge on any atom is 0.308 e. The molecule has 0 radical (unpaired) electrons. The monoisotopic (exact) mass is 170 g/mol. The summed E-state index contributed by atoms with van der Waals surface area (Å²) in [5, 5.41) is 0. The highest BCUT2D eigenvalue weighted by atomic mass is 16.6. The Morgan fingerprint density at radius 2 is 2.42 bits per heavy atom. The van der Waals surface area contributed by atoms with Gasteiger partial charge < -0.3 is 9.47 Å². The van der Waals surface area contributed by atoms with Crippen molar-refractivity contribution in [3.63, 3.8) is 0 Å². The van der Waals surface area contributed by atoms with E-state index in [2.05, 4.69) is 6.92 Å². The number of carbonyl (C=O) groups is 1. The van der Waals surface area contributed by atoms with E-state index < -0.39 is 0 Å². The zero-order valence-corrected chi connectivity index (χ0v) is 7.50. The molecule has 68 valence electrons. The molecular formula is C9H14O3. The third kappa shape index (κ3) is 0.891. The molecule has 1 heterocycles. The van der Waals surface area contributed by atoms with E-state index in [0.717, 1.165) is 12.8 Å². The van der Waals surface area contributed by atoms with Crippen LogP contribution in [-0.4, -0.2) is 25.3 Å². The molecule has 3 nitrogen and oxygen atoms in total. The molecule has 0 amide bonds. The first kappa shape index (κ1) is 8.05. The summed E-state index contributed by atoms with van der Waals surface area (Å²) in [5.74, 6) is -0.107. The zero-order valence-electron chi connectivity index (χ0n) is 7.50. The van der Waals surface area contributed by atoms with Crippen molar-refractivity contribution in [1.82, 2.24) is 0 Å². The molecule has 3 heteroatoms. The highest BCUT2D eigenvalue weighted by molar-refractivity contribution is 5.71. The maximum atomic E-state index is 11.1. The van der Waals surface area contributed by atoms with Crippen LogP contribution < -0.4 is 0 Å². The van der Waals surface area contributed by atoms with Gasteiger partial charge in [-0.3, -0.25) is 4.79 Å². The van der Waals surface area contributed by atoms with E-state index in [1.54, 1.807) is 7.11 Å². The van der Waals surface area contributed by atoms with Gasteiger partial charge >= 0.3 is 5.97 Å². The number of carbonyl (C=O) groups excluding carboxylic acids is 1. The third-order valence-corrected chi connectivity index (χ3v) is 3.33. The number of hydrogen-bond acceptors (Lipinski definition) is 3. The summed E-state index contributed by atoms with van der Waals surface area (Å²) in [4.78, 5) is 11.1. The molecule has 2 aliphatic rings. The molecule has 1 saturated carbocycles. The van der Waals surface area contributed by atoms with Gasteiger partial charge in [-0.1, -0.05) is 6.92 Å². The van der Waals surface area contributed by atoms with E-state index in [1.165, 1.54) is 0 Å². The van der Waals surface area contributed by atoms with Crippen LogP contribution in [0.15, 0.2) is 0 Å². The van der Waals surface area contributed by atoms with Crippen molar-refractivity contribution < 1.29 is 14.3 Å². The van der Waals surface area contributed by atoms with Gasteiger partial charge in [0.15, 0.2) is 0 Å². The molecule has 3 atom stereocenters. The largest absolute Gasteiger partial charge is 0.462 e. The lowest BCUT2D eigenvalue weighted by atomic mass is 9.62. The Bertz CT molecular complexity index is 214. The van der Waals surface area contributed by atoms with E-state index >= 15 is 0 Å². The first-order valence-electron chi connectivity index (χ1n) is 4.39. The molecule has 2 fully saturated rings. The van der Waals surface area contributed by atoms with Crippen LogP contribution in [-0.2, 0) is 14.3 Å². The second kappa shape index (κ2) is 2.46. The molecule has 0 aromatic heterocycles. The number of esters is 1. The summed E-state index contributed by atoms with van der Waals surface area (Å²) in [5.41, 5.74) is 0.0999. The van der Waals surface area contributed by atoms with Crippen LogP contribution in [0.25, 0.3) is 0 Å². The van der Waals surface area contributed by atoms with E-state index in [1.807, 2.05) is 0 Å². The van der Waals surface area contributed by atoms with Crippen molar-refractivity contribution in [2.45, 2.75) is 38.4 Å². The van der Waals surface area contributed by atoms with Gasteiger partial charge in [-0.05, 0) is 12.8 Å². The standard InChI is InChI=1S/C9H14O3/c1-9-4-3-6(9)12-8(10)5-7(9)11-2/h6-7H,3-5H2,1-2H3. The number of fused-ring (bicyclic) bond motifs is 1. The second-order valence-electron chi connectivity index (χ2n) is 3.95. The van der Waals surface area contributed by atoms with E-state index in [4.69, 9.17) is 9.47 Å². The minimum Gasteiger partial charge on any atom is -0.462 e. The van der Waals surface area contributed by atoms with Gasteiger partial charge in [0.25, 0.3) is 0 Å². The Labute approximate surface area is 72.0 Å². The maximum absolute atomic E-state index is 11.1. The molecule has 0 spiro atoms. The minimum absolute atomic E-state index is 0.0671. The Kier molecular flexibility index (Phi) is 1.65. The van der Waals surface area contributed by atoms with E-state index in [-0.39, 0.29) is 23.6 Å². The van der Waals surface area contributed by atoms with Crippen molar-refractivity contribution in [2.24, 2.45) is 5.41 Å². The van der Waals surface area contributed by atoms with Gasteiger partial charge in [0.05, 0.1) is 12.5 Å². The van der Waals surface area contributed by atoms with Crippen LogP contribution in [0.2, 0.25) is 0 Å². The summed E-state index contributed by atoms with van der Waals surface area (Å²) in [6.07, 6.45) is 2.72. The van der Waals surface area contributed by atoms with Gasteiger partial charge in [-0.25, -0.2) is 0 Å². The number of ether oxygens (including phenoxy) is 2.